The van der Waals surface area contributed by atoms with Gasteiger partial charge in [-0.2, -0.15) is 0 Å². The van der Waals surface area contributed by atoms with Crippen LogP contribution in [-0.4, -0.2) is 32.8 Å². The van der Waals surface area contributed by atoms with Gasteiger partial charge >= 0.3 is 0 Å². The average Bonchev–Trinajstić information content (AvgIpc) is 2.41. The Bertz CT molecular complexity index is 429. The number of rotatable bonds is 5. The van der Waals surface area contributed by atoms with Crippen molar-refractivity contribution in [3.63, 3.8) is 0 Å². The van der Waals surface area contributed by atoms with Crippen LogP contribution in [0.2, 0.25) is 0 Å². The maximum Gasteiger partial charge on any atom is 0.0507 e. The van der Waals surface area contributed by atoms with Crippen LogP contribution in [0.15, 0.2) is 18.2 Å². The molecule has 112 valence electrons. The second kappa shape index (κ2) is 7.09. The summed E-state index contributed by atoms with van der Waals surface area (Å²) in [6, 6.07) is 7.03. The number of hydrogen-bond donors (Lipinski definition) is 1. The van der Waals surface area contributed by atoms with E-state index in [1.807, 2.05) is 0 Å². The first-order valence-corrected chi connectivity index (χ1v) is 7.69. The molecule has 1 fully saturated rings. The van der Waals surface area contributed by atoms with E-state index in [-0.39, 0.29) is 6.04 Å². The fourth-order valence-corrected chi connectivity index (χ4v) is 3.12. The lowest BCUT2D eigenvalue weighted by Gasteiger charge is -2.34. The van der Waals surface area contributed by atoms with Crippen molar-refractivity contribution >= 4 is 5.69 Å². The number of ether oxygens (including phenoxy) is 1. The maximum absolute atomic E-state index is 5.90. The van der Waals surface area contributed by atoms with E-state index in [4.69, 9.17) is 10.5 Å². The Hall–Kier alpha value is -1.06. The van der Waals surface area contributed by atoms with Crippen LogP contribution in [0.5, 0.6) is 0 Å². The topological polar surface area (TPSA) is 38.5 Å². The fraction of sp³-hybridized carbons (Fsp3) is 0.647. The number of piperidine rings is 1. The van der Waals surface area contributed by atoms with E-state index in [1.54, 1.807) is 7.11 Å². The summed E-state index contributed by atoms with van der Waals surface area (Å²) in [5, 5.41) is 0. The molecule has 1 saturated heterocycles. The van der Waals surface area contributed by atoms with Gasteiger partial charge in [-0.25, -0.2) is 0 Å². The molecule has 0 amide bonds. The molecule has 0 aliphatic carbocycles. The average molecular weight is 276 g/mol. The van der Waals surface area contributed by atoms with Gasteiger partial charge in [-0.3, -0.25) is 0 Å². The molecule has 0 aromatic heterocycles. The Morgan fingerprint density at radius 2 is 2.25 bits per heavy atom. The van der Waals surface area contributed by atoms with E-state index < -0.39 is 0 Å². The van der Waals surface area contributed by atoms with Gasteiger partial charge in [0.25, 0.3) is 0 Å². The number of methoxy groups -OCH3 is 1. The van der Waals surface area contributed by atoms with Gasteiger partial charge in [0.1, 0.15) is 0 Å². The summed E-state index contributed by atoms with van der Waals surface area (Å²) >= 11 is 0. The third-order valence-electron chi connectivity index (χ3n) is 4.15. The van der Waals surface area contributed by atoms with Crippen molar-refractivity contribution < 1.29 is 4.74 Å². The molecule has 2 atom stereocenters. The molecule has 1 heterocycles. The van der Waals surface area contributed by atoms with E-state index in [9.17, 15) is 0 Å². The largest absolute Gasteiger partial charge is 0.384 e. The van der Waals surface area contributed by atoms with Crippen molar-refractivity contribution in [3.05, 3.63) is 29.3 Å². The Morgan fingerprint density at radius 1 is 1.45 bits per heavy atom. The molecule has 1 aromatic rings. The standard InChI is InChI=1S/C17H28N2O/c1-13-9-17(7-6-16(13)10-14(2)18)19-8-4-5-15(11-19)12-20-3/h6-7,9,14-15H,4-5,8,10-12,18H2,1-3H3. The molecule has 20 heavy (non-hydrogen) atoms. The van der Waals surface area contributed by atoms with E-state index >= 15 is 0 Å². The van der Waals surface area contributed by atoms with Gasteiger partial charge in [0.15, 0.2) is 0 Å². The highest BCUT2D eigenvalue weighted by atomic mass is 16.5. The number of nitrogens with zero attached hydrogens (tertiary/aromatic N) is 1. The summed E-state index contributed by atoms with van der Waals surface area (Å²) in [6.07, 6.45) is 3.50. The smallest absolute Gasteiger partial charge is 0.0507 e. The van der Waals surface area contributed by atoms with Crippen LogP contribution < -0.4 is 10.6 Å². The summed E-state index contributed by atoms with van der Waals surface area (Å²) in [5.41, 5.74) is 9.97. The Balaban J connectivity index is 2.06. The molecular formula is C17H28N2O. The van der Waals surface area contributed by atoms with Gasteiger partial charge in [0.05, 0.1) is 6.61 Å². The van der Waals surface area contributed by atoms with Gasteiger partial charge in [0, 0.05) is 31.9 Å². The highest BCUT2D eigenvalue weighted by Gasteiger charge is 2.20. The quantitative estimate of drug-likeness (QED) is 0.898. The zero-order chi connectivity index (χ0) is 14.5. The second-order valence-electron chi connectivity index (χ2n) is 6.20. The van der Waals surface area contributed by atoms with Gasteiger partial charge in [0.2, 0.25) is 0 Å². The lowest BCUT2D eigenvalue weighted by Crippen LogP contribution is -2.37. The first kappa shape index (κ1) is 15.3. The van der Waals surface area contributed by atoms with Crippen molar-refractivity contribution in [1.29, 1.82) is 0 Å². The van der Waals surface area contributed by atoms with Crippen LogP contribution in [0.1, 0.15) is 30.9 Å². The van der Waals surface area contributed by atoms with Crippen LogP contribution in [0.25, 0.3) is 0 Å². The minimum absolute atomic E-state index is 0.223. The number of benzene rings is 1. The molecule has 3 nitrogen and oxygen atoms in total. The molecule has 1 aliphatic heterocycles. The van der Waals surface area contributed by atoms with Crippen LogP contribution in [-0.2, 0) is 11.2 Å². The molecular weight excluding hydrogens is 248 g/mol. The molecule has 0 bridgehead atoms. The predicted molar refractivity (Wildman–Crippen MR) is 85.3 cm³/mol. The Labute approximate surface area is 123 Å². The number of aryl methyl sites for hydroxylation is 1. The lowest BCUT2D eigenvalue weighted by molar-refractivity contribution is 0.143. The van der Waals surface area contributed by atoms with Crippen molar-refractivity contribution in [1.82, 2.24) is 0 Å². The summed E-state index contributed by atoms with van der Waals surface area (Å²) in [5.74, 6) is 0.665. The van der Waals surface area contributed by atoms with Crippen molar-refractivity contribution in [2.45, 2.75) is 39.2 Å². The second-order valence-corrected chi connectivity index (χ2v) is 6.20. The van der Waals surface area contributed by atoms with E-state index in [1.165, 1.54) is 29.7 Å². The minimum atomic E-state index is 0.223. The van der Waals surface area contributed by atoms with Gasteiger partial charge < -0.3 is 15.4 Å². The first-order valence-electron chi connectivity index (χ1n) is 7.69. The molecule has 2 unspecified atom stereocenters. The third-order valence-corrected chi connectivity index (χ3v) is 4.15. The number of anilines is 1. The fourth-order valence-electron chi connectivity index (χ4n) is 3.12. The SMILES string of the molecule is COCC1CCCN(c2ccc(CC(C)N)c(C)c2)C1. The number of hydrogen-bond acceptors (Lipinski definition) is 3. The highest BCUT2D eigenvalue weighted by molar-refractivity contribution is 5.51. The first-order chi connectivity index (χ1) is 9.60. The highest BCUT2D eigenvalue weighted by Crippen LogP contribution is 2.25. The van der Waals surface area contributed by atoms with E-state index in [2.05, 4.69) is 36.9 Å². The van der Waals surface area contributed by atoms with Gasteiger partial charge in [-0.1, -0.05) is 6.07 Å². The monoisotopic (exact) mass is 276 g/mol. The molecule has 2 rings (SSSR count). The normalized spacial score (nSPS) is 21.0. The van der Waals surface area contributed by atoms with E-state index in [0.29, 0.717) is 5.92 Å². The Kier molecular flexibility index (Phi) is 5.44. The Morgan fingerprint density at radius 3 is 2.90 bits per heavy atom. The van der Waals surface area contributed by atoms with Crippen LogP contribution in [0, 0.1) is 12.8 Å². The molecule has 0 spiro atoms. The number of nitrogens with two attached hydrogens (primary N) is 1. The molecule has 0 saturated carbocycles. The summed E-state index contributed by atoms with van der Waals surface area (Å²) in [7, 11) is 1.80. The van der Waals surface area contributed by atoms with Crippen molar-refractivity contribution in [2.75, 3.05) is 31.7 Å². The maximum atomic E-state index is 5.90. The van der Waals surface area contributed by atoms with Crippen molar-refractivity contribution in [2.24, 2.45) is 11.7 Å². The van der Waals surface area contributed by atoms with Crippen LogP contribution in [0.4, 0.5) is 5.69 Å². The molecule has 3 heteroatoms. The predicted octanol–water partition coefficient (Wildman–Crippen LogP) is 2.75. The molecule has 1 aliphatic rings. The van der Waals surface area contributed by atoms with Gasteiger partial charge in [-0.05, 0) is 62.3 Å². The van der Waals surface area contributed by atoms with Crippen molar-refractivity contribution in [3.8, 4) is 0 Å². The summed E-state index contributed by atoms with van der Waals surface area (Å²) < 4.78 is 5.31. The zero-order valence-electron chi connectivity index (χ0n) is 13.1. The summed E-state index contributed by atoms with van der Waals surface area (Å²) in [4.78, 5) is 2.50. The molecule has 2 N–H and O–H groups in total. The summed E-state index contributed by atoms with van der Waals surface area (Å²) in [6.45, 7) is 7.40. The van der Waals surface area contributed by atoms with Crippen LogP contribution >= 0.6 is 0 Å². The van der Waals surface area contributed by atoms with E-state index in [0.717, 1.165) is 26.1 Å². The minimum Gasteiger partial charge on any atom is -0.384 e. The van der Waals surface area contributed by atoms with Crippen LogP contribution in [0.3, 0.4) is 0 Å². The zero-order valence-corrected chi connectivity index (χ0v) is 13.1. The van der Waals surface area contributed by atoms with Gasteiger partial charge in [-0.15, -0.1) is 0 Å². The molecule has 0 radical (unpaired) electrons. The third kappa shape index (κ3) is 3.97. The molecule has 1 aromatic carbocycles. The lowest BCUT2D eigenvalue weighted by atomic mass is 9.97.